The number of hydrogen-bond donors (Lipinski definition) is 1. The van der Waals surface area contributed by atoms with Crippen LogP contribution in [0, 0.1) is 11.3 Å². The molecular weight excluding hydrogens is 256 g/mol. The Bertz CT molecular complexity index is 377. The van der Waals surface area contributed by atoms with E-state index in [2.05, 4.69) is 20.8 Å². The number of carbonyl (C=O) groups excluding carboxylic acids is 1. The average molecular weight is 282 g/mol. The Kier molecular flexibility index (Phi) is 4.25. The smallest absolute Gasteiger partial charge is 0.323 e. The first kappa shape index (κ1) is 15.1. The van der Waals surface area contributed by atoms with Crippen LogP contribution < -0.4 is 0 Å². The number of nitrogens with zero attached hydrogens (tertiary/aromatic N) is 2. The van der Waals surface area contributed by atoms with Gasteiger partial charge in [-0.15, -0.1) is 0 Å². The van der Waals surface area contributed by atoms with Crippen LogP contribution in [0.15, 0.2) is 0 Å². The van der Waals surface area contributed by atoms with Gasteiger partial charge in [0.25, 0.3) is 0 Å². The zero-order valence-corrected chi connectivity index (χ0v) is 12.8. The number of urea groups is 1. The highest BCUT2D eigenvalue weighted by atomic mass is 16.4. The summed E-state index contributed by atoms with van der Waals surface area (Å²) in [5.74, 6) is -0.282. The van der Waals surface area contributed by atoms with E-state index in [1.54, 1.807) is 4.90 Å². The summed E-state index contributed by atoms with van der Waals surface area (Å²) >= 11 is 0. The first-order valence-corrected chi connectivity index (χ1v) is 7.56. The van der Waals surface area contributed by atoms with Gasteiger partial charge in [-0.2, -0.15) is 0 Å². The molecule has 0 aromatic carbocycles. The van der Waals surface area contributed by atoms with Gasteiger partial charge in [0.05, 0.1) is 0 Å². The molecule has 0 radical (unpaired) electrons. The zero-order chi connectivity index (χ0) is 14.9. The summed E-state index contributed by atoms with van der Waals surface area (Å²) in [6.45, 7) is 8.08. The molecule has 2 fully saturated rings. The van der Waals surface area contributed by atoms with Crippen LogP contribution in [0.4, 0.5) is 4.79 Å². The van der Waals surface area contributed by atoms with Gasteiger partial charge >= 0.3 is 12.0 Å². The number of aliphatic carboxylic acids is 1. The summed E-state index contributed by atoms with van der Waals surface area (Å²) < 4.78 is 0. The van der Waals surface area contributed by atoms with Crippen LogP contribution in [-0.2, 0) is 4.79 Å². The minimum Gasteiger partial charge on any atom is -0.480 e. The zero-order valence-electron chi connectivity index (χ0n) is 12.8. The van der Waals surface area contributed by atoms with Gasteiger partial charge in [-0.3, -0.25) is 4.79 Å². The third-order valence-electron chi connectivity index (χ3n) is 4.53. The van der Waals surface area contributed by atoms with E-state index in [0.717, 1.165) is 38.8 Å². The molecule has 0 aromatic heterocycles. The van der Waals surface area contributed by atoms with E-state index in [1.165, 1.54) is 0 Å². The summed E-state index contributed by atoms with van der Waals surface area (Å²) in [4.78, 5) is 26.7. The van der Waals surface area contributed by atoms with Crippen LogP contribution in [-0.4, -0.2) is 52.6 Å². The van der Waals surface area contributed by atoms with Gasteiger partial charge in [0.1, 0.15) is 6.54 Å². The molecule has 1 aliphatic heterocycles. The molecule has 2 aliphatic rings. The van der Waals surface area contributed by atoms with E-state index in [-0.39, 0.29) is 24.0 Å². The fourth-order valence-corrected chi connectivity index (χ4v) is 3.00. The third kappa shape index (κ3) is 3.64. The van der Waals surface area contributed by atoms with Crippen molar-refractivity contribution in [3.05, 3.63) is 0 Å². The third-order valence-corrected chi connectivity index (χ3v) is 4.53. The normalized spacial score (nSPS) is 20.9. The van der Waals surface area contributed by atoms with Gasteiger partial charge in [0.15, 0.2) is 0 Å². The number of rotatable bonds is 3. The minimum atomic E-state index is -0.921. The topological polar surface area (TPSA) is 60.9 Å². The Morgan fingerprint density at radius 2 is 1.70 bits per heavy atom. The second-order valence-electron chi connectivity index (χ2n) is 7.16. The number of carbonyl (C=O) groups is 2. The van der Waals surface area contributed by atoms with E-state index in [1.807, 2.05) is 4.90 Å². The van der Waals surface area contributed by atoms with Crippen molar-refractivity contribution in [1.82, 2.24) is 9.80 Å². The number of carboxylic acid groups (broad SMARTS) is 1. The molecule has 114 valence electrons. The number of amides is 2. The molecule has 0 atom stereocenters. The first-order valence-electron chi connectivity index (χ1n) is 7.56. The van der Waals surface area contributed by atoms with Crippen molar-refractivity contribution in [2.24, 2.45) is 11.3 Å². The lowest BCUT2D eigenvalue weighted by Gasteiger charge is -2.40. The molecule has 20 heavy (non-hydrogen) atoms. The predicted molar refractivity (Wildman–Crippen MR) is 76.5 cm³/mol. The molecular formula is C15H26N2O3. The van der Waals surface area contributed by atoms with Crippen LogP contribution in [0.5, 0.6) is 0 Å². The lowest BCUT2D eigenvalue weighted by atomic mass is 9.75. The average Bonchev–Trinajstić information content (AvgIpc) is 3.18. The summed E-state index contributed by atoms with van der Waals surface area (Å²) in [6.07, 6.45) is 3.91. The molecule has 2 amide bonds. The van der Waals surface area contributed by atoms with Crippen molar-refractivity contribution < 1.29 is 14.7 Å². The molecule has 0 bridgehead atoms. The first-order chi connectivity index (χ1) is 9.29. The summed E-state index contributed by atoms with van der Waals surface area (Å²) in [7, 11) is 0. The van der Waals surface area contributed by atoms with Crippen LogP contribution in [0.1, 0.15) is 46.5 Å². The Morgan fingerprint density at radius 3 is 2.10 bits per heavy atom. The monoisotopic (exact) mass is 282 g/mol. The summed E-state index contributed by atoms with van der Waals surface area (Å²) in [5, 5.41) is 8.94. The summed E-state index contributed by atoms with van der Waals surface area (Å²) in [5.41, 5.74) is 0.284. The Morgan fingerprint density at radius 1 is 1.15 bits per heavy atom. The van der Waals surface area contributed by atoms with Gasteiger partial charge in [-0.05, 0) is 37.0 Å². The number of likely N-dealkylation sites (tertiary alicyclic amines) is 1. The molecule has 2 rings (SSSR count). The van der Waals surface area contributed by atoms with Crippen molar-refractivity contribution >= 4 is 12.0 Å². The number of piperidine rings is 1. The lowest BCUT2D eigenvalue weighted by molar-refractivity contribution is -0.137. The van der Waals surface area contributed by atoms with E-state index in [9.17, 15) is 9.59 Å². The maximum atomic E-state index is 12.5. The van der Waals surface area contributed by atoms with E-state index in [0.29, 0.717) is 5.92 Å². The molecule has 5 nitrogen and oxygen atoms in total. The molecule has 1 saturated heterocycles. The standard InChI is InChI=1S/C15H26N2O3/c1-15(2,3)11-6-8-16(9-7-11)14(20)17(10-13(18)19)12-4-5-12/h11-12H,4-10H2,1-3H3,(H,18,19). The highest BCUT2D eigenvalue weighted by Crippen LogP contribution is 2.35. The Labute approximate surface area is 120 Å². The van der Waals surface area contributed by atoms with Crippen molar-refractivity contribution in [3.63, 3.8) is 0 Å². The molecule has 1 heterocycles. The second-order valence-corrected chi connectivity index (χ2v) is 7.16. The van der Waals surface area contributed by atoms with Crippen LogP contribution in [0.3, 0.4) is 0 Å². The predicted octanol–water partition coefficient (Wildman–Crippen LogP) is 2.41. The number of hydrogen-bond acceptors (Lipinski definition) is 2. The largest absolute Gasteiger partial charge is 0.480 e. The highest BCUT2D eigenvalue weighted by molar-refractivity contribution is 5.80. The fourth-order valence-electron chi connectivity index (χ4n) is 3.00. The summed E-state index contributed by atoms with van der Waals surface area (Å²) in [6, 6.07) is 0.0706. The molecule has 5 heteroatoms. The van der Waals surface area contributed by atoms with Gasteiger partial charge in [-0.25, -0.2) is 4.79 Å². The molecule has 0 spiro atoms. The van der Waals surface area contributed by atoms with Crippen molar-refractivity contribution in [2.45, 2.75) is 52.5 Å². The van der Waals surface area contributed by atoms with Crippen molar-refractivity contribution in [2.75, 3.05) is 19.6 Å². The van der Waals surface area contributed by atoms with Crippen molar-refractivity contribution in [3.8, 4) is 0 Å². The van der Waals surface area contributed by atoms with E-state index < -0.39 is 5.97 Å². The SMILES string of the molecule is CC(C)(C)C1CCN(C(=O)N(CC(=O)O)C2CC2)CC1. The molecule has 1 N–H and O–H groups in total. The lowest BCUT2D eigenvalue weighted by Crippen LogP contribution is -2.50. The fraction of sp³-hybridized carbons (Fsp3) is 0.867. The maximum absolute atomic E-state index is 12.5. The van der Waals surface area contributed by atoms with Crippen molar-refractivity contribution in [1.29, 1.82) is 0 Å². The molecule has 0 aromatic rings. The van der Waals surface area contributed by atoms with Crippen LogP contribution in [0.25, 0.3) is 0 Å². The Balaban J connectivity index is 1.91. The highest BCUT2D eigenvalue weighted by Gasteiger charge is 2.38. The maximum Gasteiger partial charge on any atom is 0.323 e. The quantitative estimate of drug-likeness (QED) is 0.864. The van der Waals surface area contributed by atoms with Crippen LogP contribution >= 0.6 is 0 Å². The van der Waals surface area contributed by atoms with Gasteiger partial charge < -0.3 is 14.9 Å². The number of carboxylic acids is 1. The Hall–Kier alpha value is -1.26. The van der Waals surface area contributed by atoms with Gasteiger partial charge in [0.2, 0.25) is 0 Å². The van der Waals surface area contributed by atoms with Crippen LogP contribution in [0.2, 0.25) is 0 Å². The van der Waals surface area contributed by atoms with Gasteiger partial charge in [0, 0.05) is 19.1 Å². The molecule has 0 unspecified atom stereocenters. The minimum absolute atomic E-state index is 0.0812. The molecule has 1 aliphatic carbocycles. The van der Waals surface area contributed by atoms with Gasteiger partial charge in [-0.1, -0.05) is 20.8 Å². The molecule has 1 saturated carbocycles. The van der Waals surface area contributed by atoms with E-state index in [4.69, 9.17) is 5.11 Å². The van der Waals surface area contributed by atoms with E-state index >= 15 is 0 Å². The second kappa shape index (κ2) is 5.62.